The first kappa shape index (κ1) is 20.5. The monoisotopic (exact) mass is 416 g/mol. The lowest BCUT2D eigenvalue weighted by molar-refractivity contribution is 0.0601. The number of nitrogens with zero attached hydrogens (tertiary/aromatic N) is 5. The molecule has 158 valence electrons. The summed E-state index contributed by atoms with van der Waals surface area (Å²) < 4.78 is 6.87. The summed E-state index contributed by atoms with van der Waals surface area (Å²) in [6.07, 6.45) is 9.15. The number of aromatic nitrogens is 4. The first-order valence-corrected chi connectivity index (χ1v) is 10.3. The summed E-state index contributed by atoms with van der Waals surface area (Å²) in [6.45, 7) is 1.91. The van der Waals surface area contributed by atoms with Gasteiger partial charge in [-0.3, -0.25) is 4.68 Å². The number of nitrogens with one attached hydrogen (secondary N) is 1. The van der Waals surface area contributed by atoms with Crippen LogP contribution in [0.3, 0.4) is 0 Å². The molecular weight excluding hydrogens is 392 g/mol. The van der Waals surface area contributed by atoms with Crippen LogP contribution in [0, 0.1) is 24.2 Å². The van der Waals surface area contributed by atoms with Crippen molar-refractivity contribution in [1.82, 2.24) is 19.7 Å². The van der Waals surface area contributed by atoms with Crippen LogP contribution in [-0.4, -0.2) is 32.8 Å². The normalized spacial score (nSPS) is 18.2. The van der Waals surface area contributed by atoms with Crippen LogP contribution in [-0.2, 0) is 4.74 Å². The van der Waals surface area contributed by atoms with E-state index in [4.69, 9.17) is 10.00 Å². The van der Waals surface area contributed by atoms with Crippen molar-refractivity contribution < 1.29 is 9.53 Å². The minimum absolute atomic E-state index is 0.164. The van der Waals surface area contributed by atoms with Crippen LogP contribution in [0.2, 0.25) is 0 Å². The van der Waals surface area contributed by atoms with E-state index in [1.165, 1.54) is 7.11 Å². The summed E-state index contributed by atoms with van der Waals surface area (Å²) in [6, 6.07) is 9.90. The Kier molecular flexibility index (Phi) is 5.94. The molecule has 0 spiro atoms. The van der Waals surface area contributed by atoms with Crippen LogP contribution in [0.25, 0.3) is 11.3 Å². The van der Waals surface area contributed by atoms with Gasteiger partial charge in [-0.25, -0.2) is 14.8 Å². The van der Waals surface area contributed by atoms with Crippen molar-refractivity contribution in [1.29, 1.82) is 5.26 Å². The number of hydrogen-bond donors (Lipinski definition) is 1. The van der Waals surface area contributed by atoms with Crippen molar-refractivity contribution in [2.45, 2.75) is 38.6 Å². The molecule has 0 atom stereocenters. The molecule has 2 heterocycles. The summed E-state index contributed by atoms with van der Waals surface area (Å²) in [7, 11) is 1.36. The molecular formula is C23H24N6O2. The molecule has 8 heteroatoms. The smallest absolute Gasteiger partial charge is 0.338 e. The number of carbonyl (C=O) groups excluding carboxylic acids is 1. The van der Waals surface area contributed by atoms with Crippen molar-refractivity contribution >= 4 is 17.6 Å². The molecule has 0 amide bonds. The summed E-state index contributed by atoms with van der Waals surface area (Å²) in [5.74, 6) is 0.181. The van der Waals surface area contributed by atoms with E-state index in [-0.39, 0.29) is 5.92 Å². The van der Waals surface area contributed by atoms with Gasteiger partial charge in [0.15, 0.2) is 0 Å². The molecule has 1 aliphatic rings. The van der Waals surface area contributed by atoms with Gasteiger partial charge in [-0.1, -0.05) is 18.2 Å². The van der Waals surface area contributed by atoms with Gasteiger partial charge in [-0.15, -0.1) is 0 Å². The van der Waals surface area contributed by atoms with Crippen molar-refractivity contribution in [3.63, 3.8) is 0 Å². The van der Waals surface area contributed by atoms with E-state index >= 15 is 0 Å². The first-order chi connectivity index (χ1) is 15.1. The topological polar surface area (TPSA) is 106 Å². The Morgan fingerprint density at radius 2 is 2.00 bits per heavy atom. The second kappa shape index (κ2) is 8.96. The number of ether oxygens (including phenoxy) is 1. The lowest BCUT2D eigenvalue weighted by atomic mass is 9.87. The van der Waals surface area contributed by atoms with Crippen LogP contribution >= 0.6 is 0 Å². The van der Waals surface area contributed by atoms with E-state index in [1.807, 2.05) is 29.9 Å². The molecule has 1 fully saturated rings. The highest BCUT2D eigenvalue weighted by atomic mass is 16.5. The molecule has 1 saturated carbocycles. The van der Waals surface area contributed by atoms with Gasteiger partial charge in [-0.05, 0) is 44.2 Å². The molecule has 0 aliphatic heterocycles. The van der Waals surface area contributed by atoms with Crippen molar-refractivity contribution in [3.8, 4) is 17.3 Å². The van der Waals surface area contributed by atoms with Crippen molar-refractivity contribution in [2.24, 2.45) is 5.92 Å². The summed E-state index contributed by atoms with van der Waals surface area (Å²) in [5, 5.41) is 16.8. The maximum absolute atomic E-state index is 12.2. The van der Waals surface area contributed by atoms with E-state index < -0.39 is 5.97 Å². The van der Waals surface area contributed by atoms with Crippen LogP contribution in [0.15, 0.2) is 42.9 Å². The highest BCUT2D eigenvalue weighted by Crippen LogP contribution is 2.32. The largest absolute Gasteiger partial charge is 0.465 e. The van der Waals surface area contributed by atoms with Crippen LogP contribution in [0.4, 0.5) is 11.6 Å². The zero-order valence-electron chi connectivity index (χ0n) is 17.6. The highest BCUT2D eigenvalue weighted by Gasteiger charge is 2.23. The van der Waals surface area contributed by atoms with Gasteiger partial charge in [0, 0.05) is 23.9 Å². The average molecular weight is 416 g/mol. The zero-order chi connectivity index (χ0) is 21.8. The first-order valence-electron chi connectivity index (χ1n) is 10.3. The van der Waals surface area contributed by atoms with E-state index in [0.29, 0.717) is 28.8 Å². The Morgan fingerprint density at radius 3 is 2.74 bits per heavy atom. The molecule has 1 aromatic carbocycles. The van der Waals surface area contributed by atoms with E-state index in [1.54, 1.807) is 24.5 Å². The molecule has 0 bridgehead atoms. The zero-order valence-corrected chi connectivity index (χ0v) is 17.6. The molecule has 31 heavy (non-hydrogen) atoms. The fourth-order valence-corrected chi connectivity index (χ4v) is 3.95. The molecule has 4 rings (SSSR count). The van der Waals surface area contributed by atoms with Gasteiger partial charge >= 0.3 is 5.97 Å². The molecule has 1 aliphatic carbocycles. The number of nitriles is 1. The fourth-order valence-electron chi connectivity index (χ4n) is 3.95. The third-order valence-corrected chi connectivity index (χ3v) is 5.67. The third-order valence-electron chi connectivity index (χ3n) is 5.67. The number of aryl methyl sites for hydroxylation is 1. The lowest BCUT2D eigenvalue weighted by Gasteiger charge is -2.24. The Labute approximate surface area is 180 Å². The van der Waals surface area contributed by atoms with Crippen molar-refractivity contribution in [3.05, 3.63) is 54.0 Å². The maximum atomic E-state index is 12.2. The molecule has 0 radical (unpaired) electrons. The summed E-state index contributed by atoms with van der Waals surface area (Å²) in [5.41, 5.74) is 3.46. The number of carbonyl (C=O) groups is 1. The third kappa shape index (κ3) is 4.40. The van der Waals surface area contributed by atoms with Gasteiger partial charge in [0.25, 0.3) is 0 Å². The van der Waals surface area contributed by atoms with Crippen molar-refractivity contribution in [2.75, 3.05) is 12.4 Å². The van der Waals surface area contributed by atoms with E-state index in [9.17, 15) is 4.79 Å². The Hall–Kier alpha value is -3.73. The highest BCUT2D eigenvalue weighted by molar-refractivity contribution is 5.97. The lowest BCUT2D eigenvalue weighted by Crippen LogP contribution is -2.17. The van der Waals surface area contributed by atoms with E-state index in [0.717, 1.165) is 36.9 Å². The molecule has 3 aromatic rings. The number of benzene rings is 1. The predicted octanol–water partition coefficient (Wildman–Crippen LogP) is 4.43. The molecule has 1 N–H and O–H groups in total. The van der Waals surface area contributed by atoms with Crippen LogP contribution in [0.5, 0.6) is 0 Å². The SMILES string of the molecule is COC(=O)c1ccccc1-c1nc(Nc2cnn([C@H]3CC[C@H](C#N)CC3)c2)ncc1C. The minimum Gasteiger partial charge on any atom is -0.465 e. The minimum atomic E-state index is -0.407. The number of methoxy groups -OCH3 is 1. The predicted molar refractivity (Wildman–Crippen MR) is 116 cm³/mol. The average Bonchev–Trinajstić information content (AvgIpc) is 3.28. The molecule has 0 saturated heterocycles. The van der Waals surface area contributed by atoms with E-state index in [2.05, 4.69) is 26.5 Å². The number of anilines is 2. The quantitative estimate of drug-likeness (QED) is 0.613. The van der Waals surface area contributed by atoms with Gasteiger partial charge in [0.2, 0.25) is 5.95 Å². The standard InChI is InChI=1S/C23H24N6O2/c1-15-12-25-23(28-21(15)19-5-3-4-6-20(19)22(30)31-2)27-17-13-26-29(14-17)18-9-7-16(11-24)8-10-18/h3-6,12-14,16,18H,7-10H2,1-2H3,(H,25,27,28)/t16-,18-. The number of hydrogen-bond acceptors (Lipinski definition) is 7. The van der Waals surface area contributed by atoms with Crippen LogP contribution in [0.1, 0.15) is 47.6 Å². The fraction of sp³-hybridized carbons (Fsp3) is 0.348. The summed E-state index contributed by atoms with van der Waals surface area (Å²) in [4.78, 5) is 21.2. The maximum Gasteiger partial charge on any atom is 0.338 e. The second-order valence-corrected chi connectivity index (χ2v) is 7.73. The number of esters is 1. The summed E-state index contributed by atoms with van der Waals surface area (Å²) >= 11 is 0. The van der Waals surface area contributed by atoms with Gasteiger partial charge in [0.05, 0.1) is 42.4 Å². The van der Waals surface area contributed by atoms with Gasteiger partial charge in [-0.2, -0.15) is 10.4 Å². The Balaban J connectivity index is 1.55. The molecule has 2 aromatic heterocycles. The van der Waals surface area contributed by atoms with Gasteiger partial charge < -0.3 is 10.1 Å². The molecule has 8 nitrogen and oxygen atoms in total. The Bertz CT molecular complexity index is 1130. The number of rotatable bonds is 5. The van der Waals surface area contributed by atoms with Crippen LogP contribution < -0.4 is 5.32 Å². The Morgan fingerprint density at radius 1 is 1.23 bits per heavy atom. The second-order valence-electron chi connectivity index (χ2n) is 7.73. The molecule has 0 unspecified atom stereocenters. The van der Waals surface area contributed by atoms with Gasteiger partial charge in [0.1, 0.15) is 0 Å².